The number of nitrogens with zero attached hydrogens (tertiary/aromatic N) is 1. The average Bonchev–Trinajstić information content (AvgIpc) is 3.06. The average molecular weight is 356 g/mol. The second kappa shape index (κ2) is 6.04. The van der Waals surface area contributed by atoms with Gasteiger partial charge in [-0.1, -0.05) is 23.7 Å². The summed E-state index contributed by atoms with van der Waals surface area (Å²) in [5.74, 6) is 0.864. The van der Waals surface area contributed by atoms with E-state index in [2.05, 4.69) is 0 Å². The van der Waals surface area contributed by atoms with Gasteiger partial charge in [0.1, 0.15) is 5.75 Å². The number of carbonyl (C=O) groups is 1. The van der Waals surface area contributed by atoms with Crippen molar-refractivity contribution in [2.24, 2.45) is 0 Å². The normalized spacial score (nSPS) is 16.2. The molecule has 3 aromatic rings. The Morgan fingerprint density at radius 1 is 1.12 bits per heavy atom. The molecule has 0 saturated carbocycles. The third-order valence-corrected chi connectivity index (χ3v) is 5.64. The largest absolute Gasteiger partial charge is 0.497 e. The topological polar surface area (TPSA) is 31.2 Å². The van der Waals surface area contributed by atoms with E-state index < -0.39 is 0 Å². The molecule has 0 aliphatic carbocycles. The first kappa shape index (κ1) is 15.4. The summed E-state index contributed by atoms with van der Waals surface area (Å²) < 4.78 is 7.13. The lowest BCUT2D eigenvalue weighted by atomic mass is 10.1. The van der Waals surface area contributed by atoms with Crippen molar-refractivity contribution in [2.75, 3.05) is 7.11 Å². The SMILES string of the molecule is COc1ccc([C@H]2Sc3ccc(Cl)cc3-n3cccc3C2=O)cc1. The minimum atomic E-state index is -0.299. The molecule has 4 rings (SSSR count). The lowest BCUT2D eigenvalue weighted by molar-refractivity contribution is 0.0983. The highest BCUT2D eigenvalue weighted by molar-refractivity contribution is 8.00. The summed E-state index contributed by atoms with van der Waals surface area (Å²) in [6, 6.07) is 17.1. The lowest BCUT2D eigenvalue weighted by Gasteiger charge is -2.14. The van der Waals surface area contributed by atoms with Gasteiger partial charge in [0.2, 0.25) is 0 Å². The maximum atomic E-state index is 13.1. The number of carbonyl (C=O) groups excluding carboxylic acids is 1. The standard InChI is InChI=1S/C19H14ClNO2S/c1-23-14-7-4-12(5-8-14)19-18(22)15-3-2-10-21(15)16-11-13(20)6-9-17(16)24-19/h2-11,19H,1H3/t19-/m1/s1. The van der Waals surface area contributed by atoms with E-state index in [0.717, 1.165) is 21.9 Å². The predicted octanol–water partition coefficient (Wildman–Crippen LogP) is 5.17. The second-order valence-electron chi connectivity index (χ2n) is 5.51. The zero-order valence-corrected chi connectivity index (χ0v) is 14.5. The molecule has 3 nitrogen and oxygen atoms in total. The summed E-state index contributed by atoms with van der Waals surface area (Å²) in [5.41, 5.74) is 2.57. The molecular formula is C19H14ClNO2S. The third kappa shape index (κ3) is 2.52. The van der Waals surface area contributed by atoms with Crippen LogP contribution < -0.4 is 4.74 Å². The predicted molar refractivity (Wildman–Crippen MR) is 96.7 cm³/mol. The number of ketones is 1. The molecule has 1 atom stereocenters. The highest BCUT2D eigenvalue weighted by Crippen LogP contribution is 2.44. The first-order valence-corrected chi connectivity index (χ1v) is 8.75. The Kier molecular flexibility index (Phi) is 3.87. The molecular weight excluding hydrogens is 342 g/mol. The molecule has 0 spiro atoms. The summed E-state index contributed by atoms with van der Waals surface area (Å²) in [6.07, 6.45) is 1.90. The van der Waals surface area contributed by atoms with Crippen LogP contribution in [0.2, 0.25) is 5.02 Å². The third-order valence-electron chi connectivity index (χ3n) is 4.08. The Morgan fingerprint density at radius 3 is 2.67 bits per heavy atom. The van der Waals surface area contributed by atoms with E-state index in [-0.39, 0.29) is 11.0 Å². The Balaban J connectivity index is 1.86. The molecule has 0 unspecified atom stereocenters. The van der Waals surface area contributed by atoms with Crippen molar-refractivity contribution in [3.63, 3.8) is 0 Å². The van der Waals surface area contributed by atoms with Gasteiger partial charge < -0.3 is 9.30 Å². The second-order valence-corrected chi connectivity index (χ2v) is 7.09. The fourth-order valence-corrected chi connectivity index (χ4v) is 4.25. The van der Waals surface area contributed by atoms with Crippen LogP contribution in [0.4, 0.5) is 0 Å². The maximum absolute atomic E-state index is 13.1. The lowest BCUT2D eigenvalue weighted by Crippen LogP contribution is -2.11. The molecule has 5 heteroatoms. The fraction of sp³-hybridized carbons (Fsp3) is 0.105. The van der Waals surface area contributed by atoms with E-state index in [1.165, 1.54) is 0 Å². The molecule has 1 aromatic heterocycles. The maximum Gasteiger partial charge on any atom is 0.197 e. The van der Waals surface area contributed by atoms with Crippen molar-refractivity contribution in [3.8, 4) is 11.4 Å². The van der Waals surface area contributed by atoms with Crippen LogP contribution in [0, 0.1) is 0 Å². The molecule has 2 heterocycles. The summed E-state index contributed by atoms with van der Waals surface area (Å²) in [6.45, 7) is 0. The summed E-state index contributed by atoms with van der Waals surface area (Å²) in [4.78, 5) is 14.1. The van der Waals surface area contributed by atoms with Crippen molar-refractivity contribution in [1.29, 1.82) is 0 Å². The highest BCUT2D eigenvalue weighted by atomic mass is 35.5. The van der Waals surface area contributed by atoms with E-state index in [1.807, 2.05) is 65.4 Å². The number of aromatic nitrogens is 1. The molecule has 0 N–H and O–H groups in total. The minimum absolute atomic E-state index is 0.0856. The number of benzene rings is 2. The molecule has 24 heavy (non-hydrogen) atoms. The Hall–Kier alpha value is -2.17. The first-order valence-electron chi connectivity index (χ1n) is 7.49. The van der Waals surface area contributed by atoms with Crippen LogP contribution in [-0.4, -0.2) is 17.5 Å². The van der Waals surface area contributed by atoms with Gasteiger partial charge in [0.05, 0.1) is 23.7 Å². The van der Waals surface area contributed by atoms with Crippen LogP contribution in [0.1, 0.15) is 21.3 Å². The van der Waals surface area contributed by atoms with E-state index in [9.17, 15) is 4.79 Å². The number of thioether (sulfide) groups is 1. The van der Waals surface area contributed by atoms with Crippen molar-refractivity contribution in [2.45, 2.75) is 10.1 Å². The molecule has 1 aliphatic rings. The van der Waals surface area contributed by atoms with Gasteiger partial charge in [-0.25, -0.2) is 0 Å². The Labute approximate surface area is 149 Å². The van der Waals surface area contributed by atoms with Gasteiger partial charge in [-0.15, -0.1) is 11.8 Å². The van der Waals surface area contributed by atoms with Crippen LogP contribution in [0.25, 0.3) is 5.69 Å². The van der Waals surface area contributed by atoms with Crippen molar-refractivity contribution < 1.29 is 9.53 Å². The number of hydrogen-bond donors (Lipinski definition) is 0. The summed E-state index contributed by atoms with van der Waals surface area (Å²) in [7, 11) is 1.63. The molecule has 1 aliphatic heterocycles. The zero-order chi connectivity index (χ0) is 16.7. The van der Waals surface area contributed by atoms with E-state index in [1.54, 1.807) is 18.9 Å². The van der Waals surface area contributed by atoms with Crippen LogP contribution in [0.3, 0.4) is 0 Å². The number of methoxy groups -OCH3 is 1. The smallest absolute Gasteiger partial charge is 0.197 e. The Bertz CT molecular complexity index is 917. The number of ether oxygens (including phenoxy) is 1. The van der Waals surface area contributed by atoms with Crippen LogP contribution >= 0.6 is 23.4 Å². The molecule has 0 saturated heterocycles. The number of fused-ring (bicyclic) bond motifs is 3. The molecule has 0 bridgehead atoms. The molecule has 0 amide bonds. The van der Waals surface area contributed by atoms with Crippen LogP contribution in [-0.2, 0) is 0 Å². The van der Waals surface area contributed by atoms with Gasteiger partial charge in [-0.3, -0.25) is 4.79 Å². The van der Waals surface area contributed by atoms with Gasteiger partial charge in [0, 0.05) is 16.1 Å². The van der Waals surface area contributed by atoms with Crippen molar-refractivity contribution >= 4 is 29.1 Å². The Morgan fingerprint density at radius 2 is 1.92 bits per heavy atom. The molecule has 0 fully saturated rings. The van der Waals surface area contributed by atoms with Crippen LogP contribution in [0.15, 0.2) is 65.7 Å². The highest BCUT2D eigenvalue weighted by Gasteiger charge is 2.30. The number of hydrogen-bond acceptors (Lipinski definition) is 3. The minimum Gasteiger partial charge on any atom is -0.497 e. The van der Waals surface area contributed by atoms with Gasteiger partial charge >= 0.3 is 0 Å². The van der Waals surface area contributed by atoms with E-state index in [0.29, 0.717) is 10.7 Å². The van der Waals surface area contributed by atoms with E-state index >= 15 is 0 Å². The zero-order valence-electron chi connectivity index (χ0n) is 12.9. The van der Waals surface area contributed by atoms with Gasteiger partial charge in [-0.2, -0.15) is 0 Å². The summed E-state index contributed by atoms with van der Waals surface area (Å²) >= 11 is 7.72. The number of halogens is 1. The van der Waals surface area contributed by atoms with E-state index in [4.69, 9.17) is 16.3 Å². The first-order chi connectivity index (χ1) is 11.7. The van der Waals surface area contributed by atoms with Gasteiger partial charge in [-0.05, 0) is 48.0 Å². The quantitative estimate of drug-likeness (QED) is 0.635. The molecule has 2 aromatic carbocycles. The fourth-order valence-electron chi connectivity index (χ4n) is 2.88. The molecule has 0 radical (unpaired) electrons. The van der Waals surface area contributed by atoms with Crippen molar-refractivity contribution in [1.82, 2.24) is 4.57 Å². The number of Topliss-reactive ketones (excluding diaryl/α,β-unsaturated/α-hetero) is 1. The number of rotatable bonds is 2. The van der Waals surface area contributed by atoms with Gasteiger partial charge in [0.15, 0.2) is 5.78 Å². The molecule has 120 valence electrons. The van der Waals surface area contributed by atoms with Crippen molar-refractivity contribution in [3.05, 3.63) is 77.1 Å². The summed E-state index contributed by atoms with van der Waals surface area (Å²) in [5, 5.41) is 0.358. The van der Waals surface area contributed by atoms with Gasteiger partial charge in [0.25, 0.3) is 0 Å². The van der Waals surface area contributed by atoms with Crippen LogP contribution in [0.5, 0.6) is 5.75 Å². The monoisotopic (exact) mass is 355 g/mol.